The van der Waals surface area contributed by atoms with Crippen LogP contribution >= 0.6 is 0 Å². The van der Waals surface area contributed by atoms with Gasteiger partial charge < -0.3 is 16.2 Å². The Kier molecular flexibility index (Phi) is 12.1. The van der Waals surface area contributed by atoms with Gasteiger partial charge in [-0.3, -0.25) is 0 Å². The molecule has 4 aliphatic carbocycles. The van der Waals surface area contributed by atoms with Gasteiger partial charge in [0, 0.05) is 5.69 Å². The zero-order chi connectivity index (χ0) is 31.2. The first kappa shape index (κ1) is 34.6. The number of fused-ring (bicyclic) bond motifs is 5. The third kappa shape index (κ3) is 7.59. The molecule has 0 saturated heterocycles. The first-order chi connectivity index (χ1) is 19.8. The number of hydrogen-bond acceptors (Lipinski definition) is 3. The van der Waals surface area contributed by atoms with E-state index in [1.807, 2.05) is 45.9 Å². The van der Waals surface area contributed by atoms with Crippen LogP contribution in [0.25, 0.3) is 0 Å². The number of benzene rings is 1. The van der Waals surface area contributed by atoms with Crippen LogP contribution in [-0.4, -0.2) is 6.10 Å². The molecule has 42 heavy (non-hydrogen) atoms. The van der Waals surface area contributed by atoms with E-state index in [0.717, 1.165) is 47.7 Å². The molecule has 4 fully saturated rings. The molecule has 1 aromatic carbocycles. The summed E-state index contributed by atoms with van der Waals surface area (Å²) in [5.74, 6) is 6.20. The van der Waals surface area contributed by atoms with E-state index in [0.29, 0.717) is 22.2 Å². The standard InChI is InChI=1S/C33H52N2O.C4H8.C2H6/c1-21(2)7-6-8-22(3)27-12-13-28-26-11-9-23-19-25(36-31-14-10-24(34)20-30(31)35)15-17-32(23,4)29(26)16-18-33(27,28)5;1-4(2)3;1-2/h7,10,14,20,22-23,25-29H,6,8-9,11-13,15-19,34-35H2,1-5H3;1H2,2-3H3;1-2H3. The Hall–Kier alpha value is -1.90. The van der Waals surface area contributed by atoms with Crippen molar-refractivity contribution in [3.8, 4) is 5.75 Å². The number of hydrogen-bond donors (Lipinski definition) is 2. The normalized spacial score (nSPS) is 35.5. The fourth-order valence-electron chi connectivity index (χ4n) is 9.99. The van der Waals surface area contributed by atoms with Crippen LogP contribution in [0, 0.1) is 46.3 Å². The highest BCUT2D eigenvalue weighted by atomic mass is 16.5. The summed E-state index contributed by atoms with van der Waals surface area (Å²) < 4.78 is 6.46. The Balaban J connectivity index is 0.000000745. The van der Waals surface area contributed by atoms with E-state index in [2.05, 4.69) is 47.3 Å². The van der Waals surface area contributed by atoms with Crippen molar-refractivity contribution in [2.45, 2.75) is 139 Å². The predicted molar refractivity (Wildman–Crippen MR) is 185 cm³/mol. The second kappa shape index (κ2) is 14.7. The lowest BCUT2D eigenvalue weighted by Gasteiger charge is -2.61. The van der Waals surface area contributed by atoms with Crippen LogP contribution in [0.4, 0.5) is 11.4 Å². The zero-order valence-corrected chi connectivity index (χ0v) is 28.9. The summed E-state index contributed by atoms with van der Waals surface area (Å²) in [6, 6.07) is 5.68. The molecule has 1 aromatic rings. The molecule has 4 saturated carbocycles. The number of anilines is 2. The van der Waals surface area contributed by atoms with Gasteiger partial charge in [-0.1, -0.05) is 51.8 Å². The highest BCUT2D eigenvalue weighted by Gasteiger charge is 2.60. The SMILES string of the molecule is C=C(C)C.CC.CC(C)=CCCC(C)C1CCC2C3CCC4CC(Oc5ccc(N)cc5N)CCC4(C)C3CCC12C. The molecule has 0 radical (unpaired) electrons. The maximum atomic E-state index is 6.46. The van der Waals surface area contributed by atoms with Gasteiger partial charge >= 0.3 is 0 Å². The Bertz CT molecular complexity index is 1050. The van der Waals surface area contributed by atoms with Gasteiger partial charge in [-0.15, -0.1) is 6.58 Å². The average Bonchev–Trinajstić information content (AvgIpc) is 3.28. The first-order valence-electron chi connectivity index (χ1n) is 17.4. The molecule has 5 rings (SSSR count). The summed E-state index contributed by atoms with van der Waals surface area (Å²) in [5.41, 5.74) is 17.2. The highest BCUT2D eigenvalue weighted by molar-refractivity contribution is 5.60. The van der Waals surface area contributed by atoms with Crippen molar-refractivity contribution in [2.24, 2.45) is 46.3 Å². The Morgan fingerprint density at radius 1 is 0.952 bits per heavy atom. The monoisotopic (exact) mass is 579 g/mol. The van der Waals surface area contributed by atoms with Crippen molar-refractivity contribution in [1.29, 1.82) is 0 Å². The Morgan fingerprint density at radius 2 is 1.60 bits per heavy atom. The molecular formula is C39H66N2O. The molecule has 0 bridgehead atoms. The summed E-state index contributed by atoms with van der Waals surface area (Å²) >= 11 is 0. The molecule has 0 aliphatic heterocycles. The van der Waals surface area contributed by atoms with Crippen molar-refractivity contribution in [2.75, 3.05) is 11.5 Å². The number of nitrogens with two attached hydrogens (primary N) is 2. The average molecular weight is 579 g/mol. The van der Waals surface area contributed by atoms with E-state index < -0.39 is 0 Å². The molecule has 0 amide bonds. The fourth-order valence-corrected chi connectivity index (χ4v) is 9.99. The van der Waals surface area contributed by atoms with Crippen LogP contribution in [0.2, 0.25) is 0 Å². The Labute approximate surface area is 260 Å². The second-order valence-electron chi connectivity index (χ2n) is 15.2. The number of rotatable bonds is 6. The van der Waals surface area contributed by atoms with Crippen molar-refractivity contribution < 1.29 is 4.74 Å². The van der Waals surface area contributed by atoms with Gasteiger partial charge in [0.1, 0.15) is 5.75 Å². The van der Waals surface area contributed by atoms with Gasteiger partial charge in [0.2, 0.25) is 0 Å². The van der Waals surface area contributed by atoms with Crippen LogP contribution in [0.5, 0.6) is 5.75 Å². The molecule has 3 heteroatoms. The topological polar surface area (TPSA) is 61.3 Å². The molecule has 0 spiro atoms. The third-order valence-corrected chi connectivity index (χ3v) is 11.9. The van der Waals surface area contributed by atoms with E-state index in [-0.39, 0.29) is 6.10 Å². The fraction of sp³-hybridized carbons (Fsp3) is 0.744. The summed E-state index contributed by atoms with van der Waals surface area (Å²) in [6.07, 6.45) is 17.7. The maximum Gasteiger partial charge on any atom is 0.142 e. The highest BCUT2D eigenvalue weighted by Crippen LogP contribution is 2.68. The smallest absolute Gasteiger partial charge is 0.142 e. The van der Waals surface area contributed by atoms with Crippen LogP contribution in [0.3, 0.4) is 0 Å². The van der Waals surface area contributed by atoms with Gasteiger partial charge in [-0.05, 0) is 163 Å². The summed E-state index contributed by atoms with van der Waals surface area (Å²) in [7, 11) is 0. The lowest BCUT2D eigenvalue weighted by molar-refractivity contribution is -0.126. The molecule has 0 heterocycles. The number of nitrogen functional groups attached to an aromatic ring is 2. The van der Waals surface area contributed by atoms with Gasteiger partial charge in [0.25, 0.3) is 0 Å². The van der Waals surface area contributed by atoms with E-state index in [4.69, 9.17) is 16.2 Å². The number of allylic oxidation sites excluding steroid dienone is 3. The molecule has 3 nitrogen and oxygen atoms in total. The summed E-state index contributed by atoms with van der Waals surface area (Å²) in [6.45, 7) is 23.9. The van der Waals surface area contributed by atoms with E-state index in [1.54, 1.807) is 0 Å². The quantitative estimate of drug-likeness (QED) is 0.261. The largest absolute Gasteiger partial charge is 0.488 e. The van der Waals surface area contributed by atoms with Gasteiger partial charge in [-0.25, -0.2) is 0 Å². The van der Waals surface area contributed by atoms with Crippen molar-refractivity contribution in [3.63, 3.8) is 0 Å². The molecule has 9 atom stereocenters. The van der Waals surface area contributed by atoms with E-state index in [9.17, 15) is 0 Å². The third-order valence-electron chi connectivity index (χ3n) is 11.9. The second-order valence-corrected chi connectivity index (χ2v) is 15.2. The lowest BCUT2D eigenvalue weighted by atomic mass is 9.44. The molecule has 0 aromatic heterocycles. The van der Waals surface area contributed by atoms with Gasteiger partial charge in [0.05, 0.1) is 11.8 Å². The van der Waals surface area contributed by atoms with Crippen LogP contribution < -0.4 is 16.2 Å². The van der Waals surface area contributed by atoms with Crippen LogP contribution in [0.1, 0.15) is 133 Å². The van der Waals surface area contributed by atoms with Gasteiger partial charge in [0.15, 0.2) is 0 Å². The Morgan fingerprint density at radius 3 is 2.24 bits per heavy atom. The number of ether oxygens (including phenoxy) is 1. The van der Waals surface area contributed by atoms with Crippen LogP contribution in [-0.2, 0) is 0 Å². The summed E-state index contributed by atoms with van der Waals surface area (Å²) in [5, 5.41) is 0. The van der Waals surface area contributed by atoms with Crippen molar-refractivity contribution in [3.05, 3.63) is 42.0 Å². The maximum absolute atomic E-state index is 6.46. The summed E-state index contributed by atoms with van der Waals surface area (Å²) in [4.78, 5) is 0. The minimum atomic E-state index is 0.289. The first-order valence-corrected chi connectivity index (χ1v) is 17.4. The predicted octanol–water partition coefficient (Wildman–Crippen LogP) is 11.2. The lowest BCUT2D eigenvalue weighted by Crippen LogP contribution is -2.54. The van der Waals surface area contributed by atoms with Gasteiger partial charge in [-0.2, -0.15) is 0 Å². The van der Waals surface area contributed by atoms with E-state index in [1.165, 1.54) is 75.4 Å². The molecule has 4 N–H and O–H groups in total. The zero-order valence-electron chi connectivity index (χ0n) is 28.9. The molecule has 238 valence electrons. The minimum Gasteiger partial charge on any atom is -0.488 e. The van der Waals surface area contributed by atoms with Crippen LogP contribution in [0.15, 0.2) is 42.0 Å². The minimum absolute atomic E-state index is 0.289. The van der Waals surface area contributed by atoms with Crippen molar-refractivity contribution >= 4 is 11.4 Å². The molecule has 9 unspecified atom stereocenters. The van der Waals surface area contributed by atoms with Crippen molar-refractivity contribution in [1.82, 2.24) is 0 Å². The molecular weight excluding hydrogens is 512 g/mol. The molecule has 4 aliphatic rings. The van der Waals surface area contributed by atoms with E-state index >= 15 is 0 Å².